The molecule has 18 heavy (non-hydrogen) atoms. The van der Waals surface area contributed by atoms with Gasteiger partial charge in [0, 0.05) is 0 Å². The minimum Gasteiger partial charge on any atom is -0.313 e. The lowest BCUT2D eigenvalue weighted by Crippen LogP contribution is -2.12. The van der Waals surface area contributed by atoms with Crippen molar-refractivity contribution in [3.05, 3.63) is 35.9 Å². The second kappa shape index (κ2) is 5.43. The number of benzene rings is 1. The molecular weight excluding hydrogens is 270 g/mol. The van der Waals surface area contributed by atoms with Crippen molar-refractivity contribution in [1.82, 2.24) is 25.1 Å². The molecule has 0 fully saturated rings. The van der Waals surface area contributed by atoms with E-state index in [9.17, 15) is 0 Å². The van der Waals surface area contributed by atoms with Crippen LogP contribution in [0.2, 0.25) is 0 Å². The largest absolute Gasteiger partial charge is 0.313 e. The maximum absolute atomic E-state index is 4.31. The molecule has 0 aliphatic heterocycles. The Labute approximate surface area is 114 Å². The first-order chi connectivity index (χ1) is 8.38. The van der Waals surface area contributed by atoms with Crippen LogP contribution in [0, 0.1) is 0 Å². The van der Waals surface area contributed by atoms with Crippen molar-refractivity contribution in [2.24, 2.45) is 0 Å². The van der Waals surface area contributed by atoms with E-state index in [0.29, 0.717) is 6.54 Å². The van der Waals surface area contributed by atoms with Gasteiger partial charge in [0.2, 0.25) is 0 Å². The van der Waals surface area contributed by atoms with Gasteiger partial charge < -0.3 is 5.32 Å². The number of nitrogens with zero attached hydrogens (tertiary/aromatic N) is 4. The minimum atomic E-state index is 0. The van der Waals surface area contributed by atoms with Crippen molar-refractivity contribution in [2.45, 2.75) is 6.54 Å². The standard InChI is InChI=1S/C11H11N5S.ClH/c1-12-5-11-13-6-15-16(11)8-2-3-10-9(4-8)14-7-17-10;/h2-4,6-7,12H,5H2,1H3;1H. The maximum Gasteiger partial charge on any atom is 0.146 e. The molecule has 0 radical (unpaired) electrons. The van der Waals surface area contributed by atoms with Crippen LogP contribution < -0.4 is 5.32 Å². The number of nitrogens with one attached hydrogen (secondary N) is 1. The number of hydrogen-bond donors (Lipinski definition) is 1. The van der Waals surface area contributed by atoms with Crippen molar-refractivity contribution in [3.8, 4) is 5.69 Å². The Bertz CT molecular complexity index is 647. The summed E-state index contributed by atoms with van der Waals surface area (Å²) in [5.74, 6) is 0.891. The molecule has 0 amide bonds. The van der Waals surface area contributed by atoms with E-state index in [1.165, 1.54) is 4.70 Å². The van der Waals surface area contributed by atoms with Crippen LogP contribution in [-0.2, 0) is 6.54 Å². The van der Waals surface area contributed by atoms with Gasteiger partial charge in [-0.1, -0.05) is 0 Å². The molecule has 94 valence electrons. The summed E-state index contributed by atoms with van der Waals surface area (Å²) >= 11 is 1.64. The van der Waals surface area contributed by atoms with Gasteiger partial charge in [0.05, 0.1) is 28.0 Å². The molecule has 1 aromatic carbocycles. The molecular formula is C11H12ClN5S. The van der Waals surface area contributed by atoms with Gasteiger partial charge in [-0.25, -0.2) is 14.6 Å². The van der Waals surface area contributed by atoms with Crippen LogP contribution in [0.15, 0.2) is 30.0 Å². The third kappa shape index (κ3) is 2.22. The summed E-state index contributed by atoms with van der Waals surface area (Å²) in [6.45, 7) is 0.690. The van der Waals surface area contributed by atoms with Gasteiger partial charge in [-0.15, -0.1) is 23.7 Å². The van der Waals surface area contributed by atoms with Crippen molar-refractivity contribution >= 4 is 34.0 Å². The van der Waals surface area contributed by atoms with Gasteiger partial charge in [0.15, 0.2) is 0 Å². The highest BCUT2D eigenvalue weighted by Gasteiger charge is 2.07. The van der Waals surface area contributed by atoms with Crippen molar-refractivity contribution in [3.63, 3.8) is 0 Å². The molecule has 5 nitrogen and oxygen atoms in total. The van der Waals surface area contributed by atoms with Crippen LogP contribution in [0.5, 0.6) is 0 Å². The molecule has 0 saturated heterocycles. The molecule has 2 aromatic heterocycles. The maximum atomic E-state index is 4.31. The summed E-state index contributed by atoms with van der Waals surface area (Å²) < 4.78 is 3.01. The number of hydrogen-bond acceptors (Lipinski definition) is 5. The van der Waals surface area contributed by atoms with E-state index in [4.69, 9.17) is 0 Å². The molecule has 3 rings (SSSR count). The lowest BCUT2D eigenvalue weighted by atomic mass is 10.3. The average Bonchev–Trinajstić information content (AvgIpc) is 2.96. The first-order valence-electron chi connectivity index (χ1n) is 5.25. The fraction of sp³-hybridized carbons (Fsp3) is 0.182. The zero-order valence-corrected chi connectivity index (χ0v) is 11.3. The molecule has 0 aliphatic carbocycles. The van der Waals surface area contributed by atoms with E-state index < -0.39 is 0 Å². The Morgan fingerprint density at radius 3 is 3.06 bits per heavy atom. The first-order valence-corrected chi connectivity index (χ1v) is 6.13. The lowest BCUT2D eigenvalue weighted by Gasteiger charge is -2.05. The van der Waals surface area contributed by atoms with Gasteiger partial charge in [-0.2, -0.15) is 5.10 Å². The monoisotopic (exact) mass is 281 g/mol. The summed E-state index contributed by atoms with van der Waals surface area (Å²) in [7, 11) is 1.89. The number of rotatable bonds is 3. The van der Waals surface area contributed by atoms with Crippen LogP contribution >= 0.6 is 23.7 Å². The minimum absolute atomic E-state index is 0. The Hall–Kier alpha value is -1.50. The fourth-order valence-electron chi connectivity index (χ4n) is 1.74. The van der Waals surface area contributed by atoms with E-state index in [-0.39, 0.29) is 12.4 Å². The molecule has 0 unspecified atom stereocenters. The zero-order chi connectivity index (χ0) is 11.7. The zero-order valence-electron chi connectivity index (χ0n) is 9.70. The van der Waals surface area contributed by atoms with E-state index in [1.54, 1.807) is 17.7 Å². The molecule has 0 atom stereocenters. The van der Waals surface area contributed by atoms with Crippen molar-refractivity contribution in [1.29, 1.82) is 0 Å². The van der Waals surface area contributed by atoms with Crippen LogP contribution in [-0.4, -0.2) is 26.8 Å². The molecule has 7 heteroatoms. The summed E-state index contributed by atoms with van der Waals surface area (Å²) in [6.07, 6.45) is 1.57. The van der Waals surface area contributed by atoms with Crippen molar-refractivity contribution in [2.75, 3.05) is 7.05 Å². The summed E-state index contributed by atoms with van der Waals surface area (Å²) in [4.78, 5) is 8.53. The van der Waals surface area contributed by atoms with Crippen molar-refractivity contribution < 1.29 is 0 Å². The normalized spacial score (nSPS) is 10.5. The summed E-state index contributed by atoms with van der Waals surface area (Å²) in [5.41, 5.74) is 3.84. The molecule has 0 saturated carbocycles. The summed E-state index contributed by atoms with van der Waals surface area (Å²) in [6, 6.07) is 6.13. The van der Waals surface area contributed by atoms with Gasteiger partial charge in [0.1, 0.15) is 12.2 Å². The molecule has 2 heterocycles. The number of halogens is 1. The van der Waals surface area contributed by atoms with Crippen LogP contribution in [0.3, 0.4) is 0 Å². The number of thiazole rings is 1. The quantitative estimate of drug-likeness (QED) is 0.798. The fourth-order valence-corrected chi connectivity index (χ4v) is 2.40. The number of fused-ring (bicyclic) bond motifs is 1. The highest BCUT2D eigenvalue weighted by atomic mass is 35.5. The van der Waals surface area contributed by atoms with Gasteiger partial charge >= 0.3 is 0 Å². The predicted octanol–water partition coefficient (Wildman–Crippen LogP) is 2.02. The van der Waals surface area contributed by atoms with Crippen LogP contribution in [0.25, 0.3) is 15.9 Å². The van der Waals surface area contributed by atoms with Gasteiger partial charge in [-0.05, 0) is 25.2 Å². The SMILES string of the molecule is CNCc1ncnn1-c1ccc2scnc2c1.Cl. The highest BCUT2D eigenvalue weighted by molar-refractivity contribution is 7.16. The van der Waals surface area contributed by atoms with E-state index in [2.05, 4.69) is 26.4 Å². The van der Waals surface area contributed by atoms with Crippen LogP contribution in [0.1, 0.15) is 5.82 Å². The second-order valence-electron chi connectivity index (χ2n) is 3.62. The Kier molecular flexibility index (Phi) is 3.90. The predicted molar refractivity (Wildman–Crippen MR) is 74.5 cm³/mol. The average molecular weight is 282 g/mol. The smallest absolute Gasteiger partial charge is 0.146 e. The van der Waals surface area contributed by atoms with E-state index in [0.717, 1.165) is 17.0 Å². The Morgan fingerprint density at radius 1 is 1.33 bits per heavy atom. The highest BCUT2D eigenvalue weighted by Crippen LogP contribution is 2.20. The third-order valence-corrected chi connectivity index (χ3v) is 3.32. The third-order valence-electron chi connectivity index (χ3n) is 2.51. The van der Waals surface area contributed by atoms with E-state index in [1.807, 2.05) is 29.4 Å². The topological polar surface area (TPSA) is 55.6 Å². The summed E-state index contributed by atoms with van der Waals surface area (Å²) in [5, 5.41) is 7.31. The first kappa shape index (κ1) is 12.9. The molecule has 1 N–H and O–H groups in total. The van der Waals surface area contributed by atoms with Gasteiger partial charge in [-0.3, -0.25) is 0 Å². The molecule has 0 spiro atoms. The second-order valence-corrected chi connectivity index (χ2v) is 4.51. The molecule has 3 aromatic rings. The van der Waals surface area contributed by atoms with Crippen LogP contribution in [0.4, 0.5) is 0 Å². The van der Waals surface area contributed by atoms with Gasteiger partial charge in [0.25, 0.3) is 0 Å². The van der Waals surface area contributed by atoms with E-state index >= 15 is 0 Å². The molecule has 0 aliphatic rings. The Balaban J connectivity index is 0.00000120. The Morgan fingerprint density at radius 2 is 2.22 bits per heavy atom. The number of aromatic nitrogens is 4. The molecule has 0 bridgehead atoms. The lowest BCUT2D eigenvalue weighted by molar-refractivity contribution is 0.712.